The van der Waals surface area contributed by atoms with Crippen LogP contribution < -0.4 is 10.6 Å². The van der Waals surface area contributed by atoms with Crippen molar-refractivity contribution in [1.82, 2.24) is 40.4 Å². The summed E-state index contributed by atoms with van der Waals surface area (Å²) in [5.74, 6) is 1.77. The fourth-order valence-corrected chi connectivity index (χ4v) is 10.0. The number of likely N-dealkylation sites (tertiary alicyclic amines) is 2. The number of fused-ring (bicyclic) bond motifs is 1. The van der Waals surface area contributed by atoms with Gasteiger partial charge in [0.1, 0.15) is 23.7 Å². The number of imidazole rings is 2. The second-order valence-corrected chi connectivity index (χ2v) is 17.1. The highest BCUT2D eigenvalue weighted by Gasteiger charge is 2.41. The molecule has 2 aliphatic heterocycles. The van der Waals surface area contributed by atoms with Crippen LogP contribution in [0.3, 0.4) is 0 Å². The number of carbonyl (C=O) groups excluding carboxylic acids is 4. The molecule has 4 N–H and O–H groups in total. The van der Waals surface area contributed by atoms with Crippen LogP contribution in [0.15, 0.2) is 48.8 Å². The van der Waals surface area contributed by atoms with Crippen molar-refractivity contribution in [3.05, 3.63) is 82.7 Å². The minimum atomic E-state index is -0.670. The van der Waals surface area contributed by atoms with Crippen LogP contribution >= 0.6 is 0 Å². The molecule has 2 bridgehead atoms. The summed E-state index contributed by atoms with van der Waals surface area (Å²) < 4.78 is 9.68. The molecule has 2 aromatic heterocycles. The number of ether oxygens (including phenoxy) is 2. The first-order valence-electron chi connectivity index (χ1n) is 21.7. The summed E-state index contributed by atoms with van der Waals surface area (Å²) in [5, 5.41) is 5.55. The molecular formula is C46H58N8O6. The van der Waals surface area contributed by atoms with Crippen LogP contribution in [0.5, 0.6) is 0 Å². The van der Waals surface area contributed by atoms with E-state index < -0.39 is 24.3 Å². The van der Waals surface area contributed by atoms with Crippen LogP contribution in [-0.4, -0.2) is 93.1 Å². The number of nitrogens with one attached hydrogen (secondary N) is 4. The smallest absolute Gasteiger partial charge is 0.407 e. The van der Waals surface area contributed by atoms with Crippen molar-refractivity contribution < 1.29 is 28.7 Å². The second-order valence-electron chi connectivity index (χ2n) is 17.1. The van der Waals surface area contributed by atoms with Crippen molar-refractivity contribution in [1.29, 1.82) is 0 Å². The van der Waals surface area contributed by atoms with Crippen LogP contribution in [0.25, 0.3) is 22.5 Å². The molecule has 0 saturated carbocycles. The van der Waals surface area contributed by atoms with Gasteiger partial charge >= 0.3 is 12.2 Å². The third-order valence-corrected chi connectivity index (χ3v) is 13.8. The van der Waals surface area contributed by atoms with E-state index in [0.29, 0.717) is 13.1 Å². The normalized spacial score (nSPS) is 22.4. The first-order valence-corrected chi connectivity index (χ1v) is 21.7. The maximum absolute atomic E-state index is 13.8. The summed E-state index contributed by atoms with van der Waals surface area (Å²) in [6.07, 6.45) is 9.50. The van der Waals surface area contributed by atoms with Crippen LogP contribution in [0.1, 0.15) is 137 Å². The van der Waals surface area contributed by atoms with Gasteiger partial charge < -0.3 is 39.9 Å². The van der Waals surface area contributed by atoms with E-state index in [1.807, 2.05) is 49.9 Å². The van der Waals surface area contributed by atoms with Crippen molar-refractivity contribution in [3.8, 4) is 22.5 Å². The standard InChI is InChI=1S/C46H58N8O6/c1-7-25(3)39(51-45(57)59-5)43(55)53-19-9-11-37(53)41-47-23-35(49-41)27-13-15-29-32-18-17-31(33(29)21-27)30-16-14-28(22-34(30)32)36-24-48-42(50-36)38-12-10-20-54(38)44(56)40(26(4)8-2)52-46(58)60-6/h13-16,21-26,31-32,37-40H,7-12,17-20H2,1-6H3,(H,47,49)(H,48,50)(H,51,57)(H,52,58)/t25-,26-,31?,32?,37-,38-,39-,40-/m0/s1. The monoisotopic (exact) mass is 818 g/mol. The number of carbonyl (C=O) groups is 4. The first kappa shape index (κ1) is 41.1. The Morgan fingerprint density at radius 2 is 1.08 bits per heavy atom. The number of rotatable bonds is 12. The minimum absolute atomic E-state index is 0.0508. The van der Waals surface area contributed by atoms with Gasteiger partial charge in [-0.05, 0) is 95.9 Å². The van der Waals surface area contributed by atoms with Gasteiger partial charge in [-0.3, -0.25) is 9.59 Å². The van der Waals surface area contributed by atoms with Gasteiger partial charge in [-0.15, -0.1) is 0 Å². The van der Waals surface area contributed by atoms with Crippen LogP contribution in [0.4, 0.5) is 9.59 Å². The van der Waals surface area contributed by atoms with Crippen LogP contribution in [0, 0.1) is 11.8 Å². The number of hydrogen-bond acceptors (Lipinski definition) is 8. The van der Waals surface area contributed by atoms with Gasteiger partial charge in [-0.1, -0.05) is 64.8 Å². The summed E-state index contributed by atoms with van der Waals surface area (Å²) in [7, 11) is 2.62. The Bertz CT molecular complexity index is 2090. The van der Waals surface area contributed by atoms with E-state index in [1.54, 1.807) is 0 Å². The predicted octanol–water partition coefficient (Wildman–Crippen LogP) is 7.71. The van der Waals surface area contributed by atoms with Crippen molar-refractivity contribution in [3.63, 3.8) is 0 Å². The Balaban J connectivity index is 0.990. The van der Waals surface area contributed by atoms with E-state index in [1.165, 1.54) is 36.5 Å². The molecule has 3 aliphatic carbocycles. The van der Waals surface area contributed by atoms with Crippen molar-refractivity contribution in [2.45, 2.75) is 115 Å². The lowest BCUT2D eigenvalue weighted by Gasteiger charge is -2.40. The number of benzene rings is 2. The summed E-state index contributed by atoms with van der Waals surface area (Å²) in [6.45, 7) is 9.18. The maximum atomic E-state index is 13.8. The fourth-order valence-electron chi connectivity index (χ4n) is 10.0. The summed E-state index contributed by atoms with van der Waals surface area (Å²) in [6, 6.07) is 11.8. The Morgan fingerprint density at radius 1 is 0.667 bits per heavy atom. The minimum Gasteiger partial charge on any atom is -0.453 e. The zero-order valence-electron chi connectivity index (χ0n) is 35.5. The third-order valence-electron chi connectivity index (χ3n) is 13.8. The molecule has 2 aromatic carbocycles. The van der Waals surface area contributed by atoms with E-state index in [2.05, 4.69) is 57.0 Å². The van der Waals surface area contributed by atoms with Crippen molar-refractivity contribution in [2.24, 2.45) is 11.8 Å². The van der Waals surface area contributed by atoms with Crippen molar-refractivity contribution in [2.75, 3.05) is 27.3 Å². The van der Waals surface area contributed by atoms with Gasteiger partial charge in [0.2, 0.25) is 11.8 Å². The summed E-state index contributed by atoms with van der Waals surface area (Å²) in [4.78, 5) is 72.5. The SMILES string of the molecule is CC[C@H](C)[C@H](NC(=O)OC)C(=O)N1CCC[C@H]1c1ncc(-c2ccc3c(c2)C2CCC3c3cc(-c4cnc([C@@H]5CCCN5C(=O)[C@@H](NC(=O)OC)[C@@H](C)CC)[nH]4)ccc32)[nH]1. The Morgan fingerprint density at radius 3 is 1.47 bits per heavy atom. The summed E-state index contributed by atoms with van der Waals surface area (Å²) in [5.41, 5.74) is 9.42. The van der Waals surface area contributed by atoms with Gasteiger partial charge in [0.25, 0.3) is 0 Å². The number of nitrogens with zero attached hydrogens (tertiary/aromatic N) is 4. The zero-order chi connectivity index (χ0) is 42.2. The van der Waals surface area contributed by atoms with Crippen LogP contribution in [0.2, 0.25) is 0 Å². The van der Waals surface area contributed by atoms with Crippen molar-refractivity contribution >= 4 is 24.0 Å². The molecule has 0 radical (unpaired) electrons. The number of hydrogen-bond donors (Lipinski definition) is 4. The Labute approximate surface area is 351 Å². The Kier molecular flexibility index (Phi) is 11.7. The largest absolute Gasteiger partial charge is 0.453 e. The van der Waals surface area contributed by atoms with Gasteiger partial charge in [-0.2, -0.15) is 0 Å². The topological polar surface area (TPSA) is 175 Å². The van der Waals surface area contributed by atoms with Gasteiger partial charge in [0.05, 0.1) is 50.1 Å². The first-order chi connectivity index (χ1) is 29.0. The fraction of sp³-hybridized carbons (Fsp3) is 0.522. The predicted molar refractivity (Wildman–Crippen MR) is 226 cm³/mol. The van der Waals surface area contributed by atoms with E-state index >= 15 is 0 Å². The number of aromatic amines is 2. The molecule has 14 nitrogen and oxygen atoms in total. The average molecular weight is 819 g/mol. The van der Waals surface area contributed by atoms with Crippen LogP contribution in [-0.2, 0) is 19.1 Å². The molecule has 2 unspecified atom stereocenters. The van der Waals surface area contributed by atoms with E-state index in [0.717, 1.165) is 85.5 Å². The lowest BCUT2D eigenvalue weighted by Crippen LogP contribution is -2.51. The molecule has 9 rings (SSSR count). The molecule has 60 heavy (non-hydrogen) atoms. The second kappa shape index (κ2) is 17.1. The molecular weight excluding hydrogens is 761 g/mol. The highest BCUT2D eigenvalue weighted by molar-refractivity contribution is 5.87. The molecule has 4 heterocycles. The lowest BCUT2D eigenvalue weighted by atomic mass is 9.63. The van der Waals surface area contributed by atoms with E-state index in [9.17, 15) is 19.2 Å². The number of H-pyrrole nitrogens is 2. The zero-order valence-corrected chi connectivity index (χ0v) is 35.5. The molecule has 0 spiro atoms. The molecule has 4 aromatic rings. The molecule has 318 valence electrons. The molecule has 8 atom stereocenters. The molecule has 5 aliphatic rings. The number of aromatic nitrogens is 4. The molecule has 2 fully saturated rings. The number of amides is 4. The molecule has 2 saturated heterocycles. The number of alkyl carbamates (subject to hydrolysis) is 2. The Hall–Kier alpha value is -5.66. The van der Waals surface area contributed by atoms with E-state index in [-0.39, 0.29) is 47.6 Å². The summed E-state index contributed by atoms with van der Waals surface area (Å²) >= 11 is 0. The van der Waals surface area contributed by atoms with Gasteiger partial charge in [-0.25, -0.2) is 19.6 Å². The lowest BCUT2D eigenvalue weighted by molar-refractivity contribution is -0.136. The maximum Gasteiger partial charge on any atom is 0.407 e. The van der Waals surface area contributed by atoms with Gasteiger partial charge in [0, 0.05) is 24.9 Å². The quantitative estimate of drug-likeness (QED) is 0.113. The number of methoxy groups -OCH3 is 2. The van der Waals surface area contributed by atoms with Gasteiger partial charge in [0.15, 0.2) is 0 Å². The molecule has 14 heteroatoms. The highest BCUT2D eigenvalue weighted by Crippen LogP contribution is 2.54. The molecule has 4 amide bonds. The van der Waals surface area contributed by atoms with E-state index in [4.69, 9.17) is 19.4 Å². The highest BCUT2D eigenvalue weighted by atomic mass is 16.5. The average Bonchev–Trinajstić information content (AvgIpc) is 4.13. The third kappa shape index (κ3) is 7.53.